The molecule has 3 aromatic rings. The van der Waals surface area contributed by atoms with E-state index >= 15 is 0 Å². The molecular formula is C29H35N3O5. The fourth-order valence-corrected chi connectivity index (χ4v) is 3.97. The number of aliphatic hydroxyl groups is 1. The first-order valence-electron chi connectivity index (χ1n) is 12.3. The number of anilines is 1. The van der Waals surface area contributed by atoms with E-state index in [1.54, 1.807) is 26.8 Å². The summed E-state index contributed by atoms with van der Waals surface area (Å²) in [5.41, 5.74) is 1.50. The monoisotopic (exact) mass is 505 g/mol. The second-order valence-electron chi connectivity index (χ2n) is 9.88. The number of carbonyl (C=O) groups is 3. The Bertz CT molecular complexity index is 1250. The molecular weight excluding hydrogens is 470 g/mol. The highest BCUT2D eigenvalue weighted by molar-refractivity contribution is 6.00. The Labute approximate surface area is 217 Å². The minimum absolute atomic E-state index is 0.427. The predicted octanol–water partition coefficient (Wildman–Crippen LogP) is 4.43. The molecule has 3 N–H and O–H groups in total. The van der Waals surface area contributed by atoms with Gasteiger partial charge < -0.3 is 25.4 Å². The molecule has 0 aliphatic rings. The molecule has 0 aliphatic carbocycles. The number of hydrogen-bond acceptors (Lipinski definition) is 5. The zero-order chi connectivity index (χ0) is 27.2. The first-order valence-corrected chi connectivity index (χ1v) is 12.3. The molecule has 3 aromatic carbocycles. The van der Waals surface area contributed by atoms with Gasteiger partial charge in [-0.05, 0) is 61.2 Å². The molecule has 2 unspecified atom stereocenters. The van der Waals surface area contributed by atoms with Crippen molar-refractivity contribution in [2.45, 2.75) is 51.8 Å². The first kappa shape index (κ1) is 27.7. The molecule has 0 fully saturated rings. The van der Waals surface area contributed by atoms with Crippen molar-refractivity contribution < 1.29 is 24.2 Å². The summed E-state index contributed by atoms with van der Waals surface area (Å²) in [6.45, 7) is 6.46. The highest BCUT2D eigenvalue weighted by Gasteiger charge is 2.34. The molecule has 0 saturated carbocycles. The van der Waals surface area contributed by atoms with Crippen LogP contribution in [0.2, 0.25) is 0 Å². The van der Waals surface area contributed by atoms with Crippen LogP contribution < -0.4 is 10.6 Å². The molecule has 0 bridgehead atoms. The number of rotatable bonds is 8. The van der Waals surface area contributed by atoms with E-state index in [9.17, 15) is 19.5 Å². The number of hydrogen-bond donors (Lipinski definition) is 3. The third-order valence-corrected chi connectivity index (χ3v) is 5.88. The van der Waals surface area contributed by atoms with Crippen LogP contribution in [0.25, 0.3) is 10.8 Å². The summed E-state index contributed by atoms with van der Waals surface area (Å²) >= 11 is 0. The number of benzene rings is 3. The van der Waals surface area contributed by atoms with Gasteiger partial charge in [0.2, 0.25) is 5.91 Å². The van der Waals surface area contributed by atoms with E-state index in [0.29, 0.717) is 11.3 Å². The third kappa shape index (κ3) is 7.30. The number of ether oxygens (including phenoxy) is 1. The van der Waals surface area contributed by atoms with E-state index in [-0.39, 0.29) is 0 Å². The molecule has 2 atom stereocenters. The normalized spacial score (nSPS) is 12.9. The molecule has 0 saturated heterocycles. The molecule has 0 aliphatic heterocycles. The van der Waals surface area contributed by atoms with Gasteiger partial charge in [0.15, 0.2) is 0 Å². The highest BCUT2D eigenvalue weighted by Crippen LogP contribution is 2.25. The molecule has 8 nitrogen and oxygen atoms in total. The standard InChI is InChI=1S/C29H35N3O5/c1-6-19-11-13-21(14-12-19)25(26(34)30-23-16-15-20-9-7-8-10-22(20)17-23)32(5)27(35)24(18-33)31-28(36)37-29(2,3)4/h7-17,24-25,33H,6,18H2,1-5H3,(H,30,34)(H,31,36). The quantitative estimate of drug-likeness (QED) is 0.420. The van der Waals surface area contributed by atoms with Crippen molar-refractivity contribution in [3.8, 4) is 0 Å². The zero-order valence-electron chi connectivity index (χ0n) is 21.9. The SMILES string of the molecule is CCc1ccc(C(C(=O)Nc2ccc3ccccc3c2)N(C)C(=O)C(CO)NC(=O)OC(C)(C)C)cc1. The Morgan fingerprint density at radius 1 is 0.973 bits per heavy atom. The molecule has 8 heteroatoms. The van der Waals surface area contributed by atoms with Crippen molar-refractivity contribution >= 4 is 34.4 Å². The average molecular weight is 506 g/mol. The lowest BCUT2D eigenvalue weighted by atomic mass is 10.0. The maximum Gasteiger partial charge on any atom is 0.408 e. The summed E-state index contributed by atoms with van der Waals surface area (Å²) in [5.74, 6) is -1.06. The van der Waals surface area contributed by atoms with Crippen molar-refractivity contribution in [3.63, 3.8) is 0 Å². The number of nitrogens with zero attached hydrogens (tertiary/aromatic N) is 1. The van der Waals surface area contributed by atoms with E-state index in [1.807, 2.05) is 67.6 Å². The van der Waals surface area contributed by atoms with E-state index in [0.717, 1.165) is 22.8 Å². The summed E-state index contributed by atoms with van der Waals surface area (Å²) in [6, 6.07) is 18.5. The molecule has 3 rings (SSSR count). The summed E-state index contributed by atoms with van der Waals surface area (Å²) < 4.78 is 5.22. The molecule has 37 heavy (non-hydrogen) atoms. The third-order valence-electron chi connectivity index (χ3n) is 5.88. The van der Waals surface area contributed by atoms with Crippen LogP contribution in [0.1, 0.15) is 44.9 Å². The largest absolute Gasteiger partial charge is 0.444 e. The maximum atomic E-state index is 13.6. The summed E-state index contributed by atoms with van der Waals surface area (Å²) in [7, 11) is 1.47. The van der Waals surface area contributed by atoms with Gasteiger partial charge in [-0.2, -0.15) is 0 Å². The van der Waals surface area contributed by atoms with Gasteiger partial charge in [-0.15, -0.1) is 0 Å². The second kappa shape index (κ2) is 11.9. The first-order chi connectivity index (χ1) is 17.5. The van der Waals surface area contributed by atoms with Crippen molar-refractivity contribution in [1.82, 2.24) is 10.2 Å². The van der Waals surface area contributed by atoms with Gasteiger partial charge in [0.05, 0.1) is 6.61 Å². The molecule has 0 heterocycles. The summed E-state index contributed by atoms with van der Waals surface area (Å²) in [5, 5.41) is 17.2. The molecule has 0 aromatic heterocycles. The smallest absolute Gasteiger partial charge is 0.408 e. The Balaban J connectivity index is 1.88. The number of amides is 3. The minimum Gasteiger partial charge on any atom is -0.444 e. The van der Waals surface area contributed by atoms with Gasteiger partial charge >= 0.3 is 6.09 Å². The van der Waals surface area contributed by atoms with Crippen LogP contribution in [0, 0.1) is 0 Å². The van der Waals surface area contributed by atoms with Gasteiger partial charge in [0.1, 0.15) is 17.7 Å². The fraction of sp³-hybridized carbons (Fsp3) is 0.345. The lowest BCUT2D eigenvalue weighted by Gasteiger charge is -2.31. The van der Waals surface area contributed by atoms with Crippen molar-refractivity contribution in [1.29, 1.82) is 0 Å². The summed E-state index contributed by atoms with van der Waals surface area (Å²) in [4.78, 5) is 40.4. The number of fused-ring (bicyclic) bond motifs is 1. The topological polar surface area (TPSA) is 108 Å². The number of aryl methyl sites for hydroxylation is 1. The van der Waals surface area contributed by atoms with Crippen LogP contribution in [0.4, 0.5) is 10.5 Å². The Kier molecular flexibility index (Phi) is 8.89. The lowest BCUT2D eigenvalue weighted by molar-refractivity contribution is -0.139. The second-order valence-corrected chi connectivity index (χ2v) is 9.88. The molecule has 3 amide bonds. The van der Waals surface area contributed by atoms with E-state index in [4.69, 9.17) is 4.74 Å². The van der Waals surface area contributed by atoms with Gasteiger partial charge in [-0.1, -0.05) is 61.5 Å². The average Bonchev–Trinajstić information content (AvgIpc) is 2.86. The maximum absolute atomic E-state index is 13.6. The van der Waals surface area contributed by atoms with Crippen LogP contribution in [0.3, 0.4) is 0 Å². The van der Waals surface area contributed by atoms with Crippen molar-refractivity contribution in [2.75, 3.05) is 19.0 Å². The Morgan fingerprint density at radius 3 is 2.22 bits per heavy atom. The Morgan fingerprint density at radius 2 is 1.62 bits per heavy atom. The van der Waals surface area contributed by atoms with Crippen LogP contribution in [-0.2, 0) is 20.7 Å². The lowest BCUT2D eigenvalue weighted by Crippen LogP contribution is -2.52. The van der Waals surface area contributed by atoms with Crippen molar-refractivity contribution in [3.05, 3.63) is 77.9 Å². The highest BCUT2D eigenvalue weighted by atomic mass is 16.6. The number of carbonyl (C=O) groups excluding carboxylic acids is 3. The van der Waals surface area contributed by atoms with Gasteiger partial charge in [0.25, 0.3) is 5.91 Å². The van der Waals surface area contributed by atoms with Crippen LogP contribution in [-0.4, -0.2) is 53.2 Å². The predicted molar refractivity (Wildman–Crippen MR) is 144 cm³/mol. The van der Waals surface area contributed by atoms with Gasteiger partial charge in [-0.3, -0.25) is 9.59 Å². The number of alkyl carbamates (subject to hydrolysis) is 1. The summed E-state index contributed by atoms with van der Waals surface area (Å²) in [6.07, 6.45) is -0.00664. The number of nitrogens with one attached hydrogen (secondary N) is 2. The van der Waals surface area contributed by atoms with Crippen LogP contribution in [0.15, 0.2) is 66.7 Å². The van der Waals surface area contributed by atoms with Crippen LogP contribution >= 0.6 is 0 Å². The van der Waals surface area contributed by atoms with E-state index < -0.39 is 42.2 Å². The molecule has 196 valence electrons. The number of likely N-dealkylation sites (N-methyl/N-ethyl adjacent to an activating group) is 1. The number of aliphatic hydroxyl groups excluding tert-OH is 1. The molecule has 0 radical (unpaired) electrons. The fourth-order valence-electron chi connectivity index (χ4n) is 3.97. The minimum atomic E-state index is -1.29. The molecule has 0 spiro atoms. The van der Waals surface area contributed by atoms with Gasteiger partial charge in [0, 0.05) is 12.7 Å². The zero-order valence-corrected chi connectivity index (χ0v) is 21.9. The van der Waals surface area contributed by atoms with E-state index in [1.165, 1.54) is 11.9 Å². The Hall–Kier alpha value is -3.91. The van der Waals surface area contributed by atoms with Gasteiger partial charge in [-0.25, -0.2) is 4.79 Å². The van der Waals surface area contributed by atoms with Crippen LogP contribution in [0.5, 0.6) is 0 Å². The van der Waals surface area contributed by atoms with Crippen molar-refractivity contribution in [2.24, 2.45) is 0 Å². The van der Waals surface area contributed by atoms with E-state index in [2.05, 4.69) is 10.6 Å².